The van der Waals surface area contributed by atoms with Crippen LogP contribution in [0.1, 0.15) is 29.1 Å². The number of carbonyl (C=O) groups excluding carboxylic acids is 2. The second-order valence-electron chi connectivity index (χ2n) is 6.02. The zero-order valence-corrected chi connectivity index (χ0v) is 13.8. The van der Waals surface area contributed by atoms with Gasteiger partial charge in [-0.1, -0.05) is 11.2 Å². The first-order valence-corrected chi connectivity index (χ1v) is 7.91. The Labute approximate surface area is 140 Å². The maximum atomic E-state index is 12.4. The summed E-state index contributed by atoms with van der Waals surface area (Å²) in [7, 11) is 0. The van der Waals surface area contributed by atoms with E-state index in [1.165, 1.54) is 0 Å². The number of hydrogen-bond acceptors (Lipinski definition) is 5. The summed E-state index contributed by atoms with van der Waals surface area (Å²) in [6.45, 7) is 4.88. The smallest absolute Gasteiger partial charge is 0.225 e. The van der Waals surface area contributed by atoms with E-state index in [2.05, 4.69) is 15.5 Å². The van der Waals surface area contributed by atoms with Crippen LogP contribution in [0.25, 0.3) is 0 Å². The van der Waals surface area contributed by atoms with Crippen molar-refractivity contribution in [3.05, 3.63) is 47.1 Å². The van der Waals surface area contributed by atoms with Crippen LogP contribution in [0.15, 0.2) is 28.9 Å². The van der Waals surface area contributed by atoms with Gasteiger partial charge < -0.3 is 14.7 Å². The Bertz CT molecular complexity index is 722. The fourth-order valence-electron chi connectivity index (χ4n) is 2.86. The highest BCUT2D eigenvalue weighted by atomic mass is 16.5. The molecular formula is C17H20N4O3. The van der Waals surface area contributed by atoms with E-state index >= 15 is 0 Å². The van der Waals surface area contributed by atoms with Crippen LogP contribution in [0.3, 0.4) is 0 Å². The molecule has 7 heteroatoms. The van der Waals surface area contributed by atoms with Gasteiger partial charge in [0.05, 0.1) is 23.9 Å². The largest absolute Gasteiger partial charge is 0.361 e. The Balaban J connectivity index is 1.56. The molecule has 24 heavy (non-hydrogen) atoms. The molecule has 1 N–H and O–H groups in total. The fourth-order valence-corrected chi connectivity index (χ4v) is 2.86. The van der Waals surface area contributed by atoms with Gasteiger partial charge in [0.2, 0.25) is 11.8 Å². The van der Waals surface area contributed by atoms with E-state index in [9.17, 15) is 9.59 Å². The highest BCUT2D eigenvalue weighted by Gasteiger charge is 2.34. The molecule has 1 aliphatic rings. The van der Waals surface area contributed by atoms with E-state index in [-0.39, 0.29) is 24.2 Å². The molecular weight excluding hydrogens is 308 g/mol. The Morgan fingerprint density at radius 2 is 2.25 bits per heavy atom. The number of aryl methyl sites for hydroxylation is 2. The first-order chi connectivity index (χ1) is 11.5. The first kappa shape index (κ1) is 16.2. The third kappa shape index (κ3) is 3.45. The van der Waals surface area contributed by atoms with E-state index in [4.69, 9.17) is 4.52 Å². The van der Waals surface area contributed by atoms with Gasteiger partial charge in [-0.05, 0) is 26.0 Å². The molecule has 1 fully saturated rings. The van der Waals surface area contributed by atoms with Crippen LogP contribution in [0.4, 0.5) is 0 Å². The van der Waals surface area contributed by atoms with E-state index < -0.39 is 0 Å². The van der Waals surface area contributed by atoms with E-state index in [0.29, 0.717) is 25.4 Å². The molecule has 1 aliphatic heterocycles. The van der Waals surface area contributed by atoms with Gasteiger partial charge in [0.1, 0.15) is 5.76 Å². The summed E-state index contributed by atoms with van der Waals surface area (Å²) in [5.41, 5.74) is 2.48. The topological polar surface area (TPSA) is 88.3 Å². The monoisotopic (exact) mass is 328 g/mol. The zero-order valence-electron chi connectivity index (χ0n) is 13.8. The normalized spacial score (nSPS) is 17.3. The van der Waals surface area contributed by atoms with E-state index in [1.807, 2.05) is 32.0 Å². The second kappa shape index (κ2) is 6.82. The highest BCUT2D eigenvalue weighted by Crippen LogP contribution is 2.20. The minimum atomic E-state index is -0.332. The summed E-state index contributed by atoms with van der Waals surface area (Å²) in [5.74, 6) is 0.235. The fraction of sp³-hybridized carbons (Fsp3) is 0.412. The number of nitrogens with zero attached hydrogens (tertiary/aromatic N) is 3. The minimum Gasteiger partial charge on any atom is -0.361 e. The van der Waals surface area contributed by atoms with Crippen LogP contribution in [-0.4, -0.2) is 33.4 Å². The highest BCUT2D eigenvalue weighted by molar-refractivity contribution is 5.89. The molecule has 0 bridgehead atoms. The number of nitrogens with one attached hydrogen (secondary N) is 1. The number of likely N-dealkylation sites (tertiary alicyclic amines) is 1. The lowest BCUT2D eigenvalue weighted by molar-refractivity contribution is -0.129. The van der Waals surface area contributed by atoms with Gasteiger partial charge in [0.25, 0.3) is 0 Å². The number of aromatic nitrogens is 2. The third-order valence-corrected chi connectivity index (χ3v) is 4.28. The van der Waals surface area contributed by atoms with Gasteiger partial charge in [-0.25, -0.2) is 0 Å². The lowest BCUT2D eigenvalue weighted by Gasteiger charge is -2.16. The van der Waals surface area contributed by atoms with Gasteiger partial charge in [-0.15, -0.1) is 0 Å². The van der Waals surface area contributed by atoms with Crippen molar-refractivity contribution >= 4 is 11.8 Å². The van der Waals surface area contributed by atoms with Gasteiger partial charge in [0, 0.05) is 31.3 Å². The predicted octanol–water partition coefficient (Wildman–Crippen LogP) is 1.35. The van der Waals surface area contributed by atoms with Crippen molar-refractivity contribution in [3.63, 3.8) is 0 Å². The van der Waals surface area contributed by atoms with Crippen molar-refractivity contribution in [1.29, 1.82) is 0 Å². The van der Waals surface area contributed by atoms with Crippen LogP contribution in [0.5, 0.6) is 0 Å². The standard InChI is InChI=1S/C17H20N4O3/c1-11-15(12(2)24-20-11)8-19-17(23)13-7-16(22)21(9-13)10-14-5-3-4-6-18-14/h3-6,13H,7-10H2,1-2H3,(H,19,23). The summed E-state index contributed by atoms with van der Waals surface area (Å²) < 4.78 is 5.08. The molecule has 1 unspecified atom stereocenters. The Hall–Kier alpha value is -2.70. The Kier molecular flexibility index (Phi) is 4.59. The molecule has 7 nitrogen and oxygen atoms in total. The molecule has 2 amide bonds. The number of carbonyl (C=O) groups is 2. The molecule has 0 saturated carbocycles. The molecule has 0 aliphatic carbocycles. The van der Waals surface area contributed by atoms with Gasteiger partial charge in [-0.2, -0.15) is 0 Å². The Morgan fingerprint density at radius 1 is 1.42 bits per heavy atom. The first-order valence-electron chi connectivity index (χ1n) is 7.91. The van der Waals surface area contributed by atoms with Crippen molar-refractivity contribution in [2.24, 2.45) is 5.92 Å². The SMILES string of the molecule is Cc1noc(C)c1CNC(=O)C1CC(=O)N(Cc2ccccn2)C1. The molecule has 0 radical (unpaired) electrons. The molecule has 3 heterocycles. The predicted molar refractivity (Wildman–Crippen MR) is 85.6 cm³/mol. The van der Waals surface area contributed by atoms with Crippen molar-refractivity contribution in [3.8, 4) is 0 Å². The van der Waals surface area contributed by atoms with Crippen molar-refractivity contribution in [1.82, 2.24) is 20.4 Å². The maximum Gasteiger partial charge on any atom is 0.225 e. The van der Waals surface area contributed by atoms with E-state index in [1.54, 1.807) is 11.1 Å². The van der Waals surface area contributed by atoms with Crippen molar-refractivity contribution in [2.75, 3.05) is 6.54 Å². The molecule has 0 aromatic carbocycles. The number of amides is 2. The summed E-state index contributed by atoms with van der Waals surface area (Å²) in [4.78, 5) is 30.4. The summed E-state index contributed by atoms with van der Waals surface area (Å²) in [6.07, 6.45) is 1.93. The molecule has 2 aromatic rings. The molecule has 1 atom stereocenters. The number of rotatable bonds is 5. The maximum absolute atomic E-state index is 12.4. The van der Waals surface area contributed by atoms with Crippen LogP contribution in [-0.2, 0) is 22.7 Å². The van der Waals surface area contributed by atoms with Crippen molar-refractivity contribution in [2.45, 2.75) is 33.4 Å². The van der Waals surface area contributed by atoms with Crippen molar-refractivity contribution < 1.29 is 14.1 Å². The molecule has 1 saturated heterocycles. The lowest BCUT2D eigenvalue weighted by Crippen LogP contribution is -2.32. The van der Waals surface area contributed by atoms with Crippen LogP contribution >= 0.6 is 0 Å². The molecule has 126 valence electrons. The average molecular weight is 328 g/mol. The Morgan fingerprint density at radius 3 is 2.92 bits per heavy atom. The van der Waals surface area contributed by atoms with Gasteiger partial charge in [0.15, 0.2) is 0 Å². The summed E-state index contributed by atoms with van der Waals surface area (Å²) in [6, 6.07) is 5.59. The van der Waals surface area contributed by atoms with Crippen LogP contribution in [0, 0.1) is 19.8 Å². The summed E-state index contributed by atoms with van der Waals surface area (Å²) >= 11 is 0. The summed E-state index contributed by atoms with van der Waals surface area (Å²) in [5, 5.41) is 6.75. The molecule has 0 spiro atoms. The third-order valence-electron chi connectivity index (χ3n) is 4.28. The lowest BCUT2D eigenvalue weighted by atomic mass is 10.1. The number of pyridine rings is 1. The average Bonchev–Trinajstić information content (AvgIpc) is 3.09. The van der Waals surface area contributed by atoms with E-state index in [0.717, 1.165) is 17.0 Å². The molecule has 2 aromatic heterocycles. The van der Waals surface area contributed by atoms with Crippen LogP contribution < -0.4 is 5.32 Å². The van der Waals surface area contributed by atoms with Gasteiger partial charge in [-0.3, -0.25) is 14.6 Å². The van der Waals surface area contributed by atoms with Gasteiger partial charge >= 0.3 is 0 Å². The minimum absolute atomic E-state index is 0.0156. The zero-order chi connectivity index (χ0) is 17.1. The second-order valence-corrected chi connectivity index (χ2v) is 6.02. The quantitative estimate of drug-likeness (QED) is 0.895. The number of hydrogen-bond donors (Lipinski definition) is 1. The van der Waals surface area contributed by atoms with Crippen LogP contribution in [0.2, 0.25) is 0 Å². The molecule has 3 rings (SSSR count).